The molecule has 0 saturated carbocycles. The maximum Gasteiger partial charge on any atom is 0.256 e. The highest BCUT2D eigenvalue weighted by atomic mass is 16.6. The number of hydrogen-bond acceptors (Lipinski definition) is 6. The summed E-state index contributed by atoms with van der Waals surface area (Å²) in [5.41, 5.74) is 0.856. The van der Waals surface area contributed by atoms with Gasteiger partial charge in [0.1, 0.15) is 0 Å². The SMILES string of the molecule is CCOc1ccc([C@H]2[C@H]([N+](=O)[O-])[C@]3(C(=O)Nc4ccccc43)N3CCC[C@@H]23)cc1OC. The van der Waals surface area contributed by atoms with Gasteiger partial charge in [-0.1, -0.05) is 24.3 Å². The van der Waals surface area contributed by atoms with E-state index < -0.39 is 17.5 Å². The van der Waals surface area contributed by atoms with Crippen LogP contribution in [-0.2, 0) is 10.3 Å². The Morgan fingerprint density at radius 3 is 2.81 bits per heavy atom. The molecule has 0 aromatic heterocycles. The lowest BCUT2D eigenvalue weighted by molar-refractivity contribution is -0.534. The fourth-order valence-corrected chi connectivity index (χ4v) is 5.94. The molecule has 2 fully saturated rings. The second kappa shape index (κ2) is 7.23. The van der Waals surface area contributed by atoms with Crippen molar-refractivity contribution in [1.82, 2.24) is 4.90 Å². The number of fused-ring (bicyclic) bond motifs is 4. The van der Waals surface area contributed by atoms with Crippen molar-refractivity contribution in [1.29, 1.82) is 0 Å². The van der Waals surface area contributed by atoms with Crippen molar-refractivity contribution in [3.8, 4) is 11.5 Å². The van der Waals surface area contributed by atoms with Gasteiger partial charge in [-0.15, -0.1) is 0 Å². The van der Waals surface area contributed by atoms with E-state index in [2.05, 4.69) is 10.2 Å². The number of carbonyl (C=O) groups excluding carboxylic acids is 1. The summed E-state index contributed by atoms with van der Waals surface area (Å²) in [6, 6.07) is 11.7. The monoisotopic (exact) mass is 423 g/mol. The predicted octanol–water partition coefficient (Wildman–Crippen LogP) is 3.15. The molecule has 3 aliphatic rings. The standard InChI is InChI=1S/C23H25N3O5/c1-3-31-18-11-10-14(13-19(18)30-2)20-17-9-6-12-25(17)23(21(20)26(28)29)15-7-4-5-8-16(15)24-22(23)27/h4-5,7-8,10-11,13,17,20-21H,3,6,9,12H2,1-2H3,(H,24,27)/t17-,20+,21-,23+/m0/s1. The number of anilines is 1. The normalized spacial score (nSPS) is 29.0. The van der Waals surface area contributed by atoms with Crippen LogP contribution in [-0.4, -0.2) is 48.1 Å². The van der Waals surface area contributed by atoms with Crippen LogP contribution in [0.2, 0.25) is 0 Å². The molecule has 0 aliphatic carbocycles. The van der Waals surface area contributed by atoms with E-state index in [9.17, 15) is 14.9 Å². The van der Waals surface area contributed by atoms with Crippen molar-refractivity contribution in [3.63, 3.8) is 0 Å². The lowest BCUT2D eigenvalue weighted by atomic mass is 9.77. The molecule has 1 spiro atoms. The number of amides is 1. The number of ether oxygens (including phenoxy) is 2. The highest BCUT2D eigenvalue weighted by molar-refractivity contribution is 6.07. The molecular formula is C23H25N3O5. The Hall–Kier alpha value is -3.13. The lowest BCUT2D eigenvalue weighted by Crippen LogP contribution is -2.55. The minimum absolute atomic E-state index is 0.102. The second-order valence-corrected chi connectivity index (χ2v) is 8.27. The molecule has 8 nitrogen and oxygen atoms in total. The Balaban J connectivity index is 1.70. The highest BCUT2D eigenvalue weighted by Crippen LogP contribution is 2.58. The third-order valence-corrected chi connectivity index (χ3v) is 6.97. The molecule has 162 valence electrons. The maximum absolute atomic E-state index is 13.5. The molecule has 2 saturated heterocycles. The van der Waals surface area contributed by atoms with Gasteiger partial charge in [0.05, 0.1) is 19.6 Å². The Bertz CT molecular complexity index is 1060. The van der Waals surface area contributed by atoms with Gasteiger partial charge in [0.2, 0.25) is 0 Å². The van der Waals surface area contributed by atoms with Crippen molar-refractivity contribution in [2.75, 3.05) is 25.6 Å². The zero-order valence-corrected chi connectivity index (χ0v) is 17.5. The van der Waals surface area contributed by atoms with Gasteiger partial charge in [-0.2, -0.15) is 0 Å². The van der Waals surface area contributed by atoms with Crippen LogP contribution in [0.15, 0.2) is 42.5 Å². The molecule has 5 rings (SSSR count). The largest absolute Gasteiger partial charge is 0.493 e. The summed E-state index contributed by atoms with van der Waals surface area (Å²) in [6.07, 6.45) is 1.71. The first-order valence-corrected chi connectivity index (χ1v) is 10.7. The number of nitro groups is 1. The van der Waals surface area contributed by atoms with Crippen LogP contribution in [0, 0.1) is 10.1 Å². The third kappa shape index (κ3) is 2.61. The molecule has 8 heteroatoms. The molecular weight excluding hydrogens is 398 g/mol. The van der Waals surface area contributed by atoms with Gasteiger partial charge in [-0.05, 0) is 43.5 Å². The van der Waals surface area contributed by atoms with E-state index in [0.29, 0.717) is 35.9 Å². The van der Waals surface area contributed by atoms with Crippen LogP contribution in [0.25, 0.3) is 0 Å². The molecule has 31 heavy (non-hydrogen) atoms. The van der Waals surface area contributed by atoms with Gasteiger partial charge >= 0.3 is 0 Å². The van der Waals surface area contributed by atoms with Crippen molar-refractivity contribution < 1.29 is 19.2 Å². The summed E-state index contributed by atoms with van der Waals surface area (Å²) < 4.78 is 11.1. The van der Waals surface area contributed by atoms with E-state index in [1.165, 1.54) is 0 Å². The highest BCUT2D eigenvalue weighted by Gasteiger charge is 2.73. The summed E-state index contributed by atoms with van der Waals surface area (Å²) >= 11 is 0. The van der Waals surface area contributed by atoms with E-state index >= 15 is 0 Å². The Morgan fingerprint density at radius 2 is 2.06 bits per heavy atom. The summed E-state index contributed by atoms with van der Waals surface area (Å²) in [7, 11) is 1.56. The van der Waals surface area contributed by atoms with Gasteiger partial charge in [0.15, 0.2) is 17.0 Å². The topological polar surface area (TPSA) is 93.9 Å². The zero-order chi connectivity index (χ0) is 21.8. The van der Waals surface area contributed by atoms with Crippen molar-refractivity contribution >= 4 is 11.6 Å². The van der Waals surface area contributed by atoms with E-state index in [4.69, 9.17) is 9.47 Å². The zero-order valence-electron chi connectivity index (χ0n) is 17.5. The quantitative estimate of drug-likeness (QED) is 0.587. The first kappa shape index (κ1) is 19.8. The number of benzene rings is 2. The minimum atomic E-state index is -1.31. The number of nitrogens with one attached hydrogen (secondary N) is 1. The minimum Gasteiger partial charge on any atom is -0.493 e. The van der Waals surface area contributed by atoms with Gasteiger partial charge in [0.25, 0.3) is 11.9 Å². The molecule has 1 amide bonds. The Kier molecular flexibility index (Phi) is 4.62. The van der Waals surface area contributed by atoms with E-state index in [0.717, 1.165) is 18.4 Å². The smallest absolute Gasteiger partial charge is 0.256 e. The number of nitrogens with zero attached hydrogens (tertiary/aromatic N) is 2. The lowest BCUT2D eigenvalue weighted by Gasteiger charge is -2.32. The first-order chi connectivity index (χ1) is 15.0. The number of hydrogen-bond donors (Lipinski definition) is 1. The molecule has 0 unspecified atom stereocenters. The van der Waals surface area contributed by atoms with Crippen molar-refractivity contribution in [2.24, 2.45) is 0 Å². The van der Waals surface area contributed by atoms with Crippen molar-refractivity contribution in [3.05, 3.63) is 63.7 Å². The number of methoxy groups -OCH3 is 1. The molecule has 4 atom stereocenters. The summed E-state index contributed by atoms with van der Waals surface area (Å²) in [5, 5.41) is 15.5. The van der Waals surface area contributed by atoms with Crippen LogP contribution < -0.4 is 14.8 Å². The average Bonchev–Trinajstić information content (AvgIpc) is 3.42. The van der Waals surface area contributed by atoms with Crippen LogP contribution in [0.3, 0.4) is 0 Å². The third-order valence-electron chi connectivity index (χ3n) is 6.97. The van der Waals surface area contributed by atoms with E-state index in [1.807, 2.05) is 49.4 Å². The molecule has 0 radical (unpaired) electrons. The van der Waals surface area contributed by atoms with Gasteiger partial charge in [-0.3, -0.25) is 19.8 Å². The number of rotatable bonds is 5. The van der Waals surface area contributed by atoms with Gasteiger partial charge in [-0.25, -0.2) is 0 Å². The van der Waals surface area contributed by atoms with Gasteiger partial charge < -0.3 is 14.8 Å². The molecule has 3 aliphatic heterocycles. The van der Waals surface area contributed by atoms with Crippen LogP contribution in [0.4, 0.5) is 5.69 Å². The average molecular weight is 423 g/mol. The summed E-state index contributed by atoms with van der Waals surface area (Å²) in [6.45, 7) is 3.04. The number of para-hydroxylation sites is 1. The first-order valence-electron chi connectivity index (χ1n) is 10.7. The fourth-order valence-electron chi connectivity index (χ4n) is 5.94. The number of carbonyl (C=O) groups is 1. The van der Waals surface area contributed by atoms with Gasteiger partial charge in [0, 0.05) is 28.8 Å². The van der Waals surface area contributed by atoms with Crippen LogP contribution in [0.1, 0.15) is 36.8 Å². The molecule has 1 N–H and O–H groups in total. The summed E-state index contributed by atoms with van der Waals surface area (Å²) in [4.78, 5) is 27.9. The predicted molar refractivity (Wildman–Crippen MR) is 114 cm³/mol. The molecule has 2 aromatic carbocycles. The van der Waals surface area contributed by atoms with E-state index in [1.54, 1.807) is 7.11 Å². The summed E-state index contributed by atoms with van der Waals surface area (Å²) in [5.74, 6) is 0.399. The van der Waals surface area contributed by atoms with Crippen LogP contribution in [0.5, 0.6) is 11.5 Å². The maximum atomic E-state index is 13.5. The van der Waals surface area contributed by atoms with Crippen molar-refractivity contribution in [2.45, 2.75) is 43.3 Å². The van der Waals surface area contributed by atoms with E-state index in [-0.39, 0.29) is 16.9 Å². The Labute approximate surface area is 180 Å². The fraction of sp³-hybridized carbons (Fsp3) is 0.435. The second-order valence-electron chi connectivity index (χ2n) is 8.27. The molecule has 3 heterocycles. The van der Waals surface area contributed by atoms with Crippen LogP contribution >= 0.6 is 0 Å². The molecule has 2 aromatic rings. The Morgan fingerprint density at radius 1 is 1.26 bits per heavy atom. The molecule has 0 bridgehead atoms.